The van der Waals surface area contributed by atoms with Crippen LogP contribution in [0, 0.1) is 5.82 Å². The Balaban J connectivity index is 1.95. The lowest BCUT2D eigenvalue weighted by Gasteiger charge is -2.10. The molecule has 0 radical (unpaired) electrons. The van der Waals surface area contributed by atoms with Gasteiger partial charge in [0.2, 0.25) is 0 Å². The Morgan fingerprint density at radius 2 is 1.69 bits per heavy atom. The summed E-state index contributed by atoms with van der Waals surface area (Å²) in [6.45, 7) is -0.230. The first-order chi connectivity index (χ1) is 12.3. The van der Waals surface area contributed by atoms with Crippen LogP contribution in [-0.2, 0) is 0 Å². The standard InChI is InChI=1S/C18H14F4O4/c19-16-10-14(25-9-1-8-18(20,21)22)6-7-15(16)17(24)26-13-4-2-12(11-23)3-5-13/h2-7,10-11H,1,8-9H2. The van der Waals surface area contributed by atoms with Gasteiger partial charge in [-0.3, -0.25) is 4.79 Å². The fraction of sp³-hybridized carbons (Fsp3) is 0.222. The van der Waals surface area contributed by atoms with E-state index in [4.69, 9.17) is 9.47 Å². The molecule has 0 aliphatic carbocycles. The van der Waals surface area contributed by atoms with Crippen molar-refractivity contribution >= 4 is 12.3 Å². The van der Waals surface area contributed by atoms with Crippen LogP contribution in [-0.4, -0.2) is 25.0 Å². The van der Waals surface area contributed by atoms with Gasteiger partial charge in [-0.05, 0) is 42.8 Å². The zero-order valence-electron chi connectivity index (χ0n) is 13.4. The maximum atomic E-state index is 14.0. The molecule has 26 heavy (non-hydrogen) atoms. The van der Waals surface area contributed by atoms with E-state index in [1.165, 1.54) is 30.3 Å². The van der Waals surface area contributed by atoms with E-state index in [1.807, 2.05) is 0 Å². The first-order valence-corrected chi connectivity index (χ1v) is 7.55. The maximum Gasteiger partial charge on any atom is 0.389 e. The molecule has 0 heterocycles. The van der Waals surface area contributed by atoms with Gasteiger partial charge in [-0.2, -0.15) is 13.2 Å². The first kappa shape index (κ1) is 19.4. The number of esters is 1. The Hall–Kier alpha value is -2.90. The Bertz CT molecular complexity index is 770. The van der Waals surface area contributed by atoms with E-state index in [1.54, 1.807) is 0 Å². The van der Waals surface area contributed by atoms with Crippen molar-refractivity contribution in [3.05, 3.63) is 59.4 Å². The van der Waals surface area contributed by atoms with Crippen molar-refractivity contribution in [1.29, 1.82) is 0 Å². The van der Waals surface area contributed by atoms with Crippen LogP contribution in [0.1, 0.15) is 33.6 Å². The molecule has 0 spiro atoms. The molecule has 0 fully saturated rings. The van der Waals surface area contributed by atoms with Crippen LogP contribution < -0.4 is 9.47 Å². The number of hydrogen-bond acceptors (Lipinski definition) is 4. The number of carbonyl (C=O) groups is 2. The minimum Gasteiger partial charge on any atom is -0.493 e. The number of benzene rings is 2. The number of ether oxygens (including phenoxy) is 2. The second-order valence-electron chi connectivity index (χ2n) is 5.29. The molecule has 0 bridgehead atoms. The SMILES string of the molecule is O=Cc1ccc(OC(=O)c2ccc(OCCCC(F)(F)F)cc2F)cc1. The third-order valence-electron chi connectivity index (χ3n) is 3.26. The molecule has 0 aliphatic rings. The summed E-state index contributed by atoms with van der Waals surface area (Å²) in [5.41, 5.74) is 0.0371. The summed E-state index contributed by atoms with van der Waals surface area (Å²) in [6.07, 6.45) is -4.90. The second kappa shape index (κ2) is 8.46. The van der Waals surface area contributed by atoms with E-state index in [0.717, 1.165) is 12.1 Å². The normalized spacial score (nSPS) is 11.1. The van der Waals surface area contributed by atoms with Gasteiger partial charge in [-0.1, -0.05) is 0 Å². The number of halogens is 4. The topological polar surface area (TPSA) is 52.6 Å². The van der Waals surface area contributed by atoms with Gasteiger partial charge in [0, 0.05) is 18.1 Å². The van der Waals surface area contributed by atoms with Crippen molar-refractivity contribution in [3.63, 3.8) is 0 Å². The fourth-order valence-electron chi connectivity index (χ4n) is 1.99. The van der Waals surface area contributed by atoms with Gasteiger partial charge in [0.15, 0.2) is 0 Å². The van der Waals surface area contributed by atoms with Gasteiger partial charge < -0.3 is 9.47 Å². The van der Waals surface area contributed by atoms with Crippen LogP contribution in [0.15, 0.2) is 42.5 Å². The van der Waals surface area contributed by atoms with Gasteiger partial charge in [0.1, 0.15) is 23.6 Å². The minimum absolute atomic E-state index is 0.0107. The lowest BCUT2D eigenvalue weighted by atomic mass is 10.2. The lowest BCUT2D eigenvalue weighted by Crippen LogP contribution is -2.11. The molecule has 4 nitrogen and oxygen atoms in total. The van der Waals surface area contributed by atoms with Crippen LogP contribution in [0.25, 0.3) is 0 Å². The summed E-state index contributed by atoms with van der Waals surface area (Å²) < 4.78 is 60.1. The molecule has 0 aromatic heterocycles. The molecule has 2 aromatic carbocycles. The Morgan fingerprint density at radius 3 is 2.27 bits per heavy atom. The predicted octanol–water partition coefficient (Wildman–Crippen LogP) is 4.58. The molecule has 0 saturated carbocycles. The summed E-state index contributed by atoms with van der Waals surface area (Å²) in [6, 6.07) is 8.93. The molecule has 0 atom stereocenters. The van der Waals surface area contributed by atoms with E-state index in [-0.39, 0.29) is 30.1 Å². The van der Waals surface area contributed by atoms with Gasteiger partial charge in [0.25, 0.3) is 0 Å². The average molecular weight is 370 g/mol. The minimum atomic E-state index is -4.27. The highest BCUT2D eigenvalue weighted by atomic mass is 19.4. The molecule has 138 valence electrons. The van der Waals surface area contributed by atoms with Crippen LogP contribution in [0.3, 0.4) is 0 Å². The van der Waals surface area contributed by atoms with Crippen LogP contribution in [0.2, 0.25) is 0 Å². The number of alkyl halides is 3. The van der Waals surface area contributed by atoms with Crippen molar-refractivity contribution < 1.29 is 36.6 Å². The number of rotatable bonds is 7. The van der Waals surface area contributed by atoms with Crippen molar-refractivity contribution in [1.82, 2.24) is 0 Å². The first-order valence-electron chi connectivity index (χ1n) is 7.55. The van der Waals surface area contributed by atoms with Crippen molar-refractivity contribution in [2.45, 2.75) is 19.0 Å². The van der Waals surface area contributed by atoms with E-state index >= 15 is 0 Å². The van der Waals surface area contributed by atoms with Crippen LogP contribution >= 0.6 is 0 Å². The smallest absolute Gasteiger partial charge is 0.389 e. The highest BCUT2D eigenvalue weighted by molar-refractivity contribution is 5.91. The van der Waals surface area contributed by atoms with Gasteiger partial charge >= 0.3 is 12.1 Å². The third-order valence-corrected chi connectivity index (χ3v) is 3.26. The highest BCUT2D eigenvalue weighted by Gasteiger charge is 2.26. The largest absolute Gasteiger partial charge is 0.493 e. The zero-order valence-corrected chi connectivity index (χ0v) is 13.4. The number of hydrogen-bond donors (Lipinski definition) is 0. The average Bonchev–Trinajstić information content (AvgIpc) is 2.58. The Morgan fingerprint density at radius 1 is 1.04 bits per heavy atom. The van der Waals surface area contributed by atoms with Crippen molar-refractivity contribution in [2.24, 2.45) is 0 Å². The molecule has 0 aliphatic heterocycles. The maximum absolute atomic E-state index is 14.0. The molecule has 0 saturated heterocycles. The summed E-state index contributed by atoms with van der Waals surface area (Å²) in [5.74, 6) is -1.73. The van der Waals surface area contributed by atoms with E-state index < -0.39 is 24.4 Å². The molecule has 8 heteroatoms. The molecular formula is C18H14F4O4. The van der Waals surface area contributed by atoms with E-state index in [2.05, 4.69) is 0 Å². The van der Waals surface area contributed by atoms with Crippen LogP contribution in [0.4, 0.5) is 17.6 Å². The monoisotopic (exact) mass is 370 g/mol. The summed E-state index contributed by atoms with van der Waals surface area (Å²) in [5, 5.41) is 0. The molecule has 0 amide bonds. The lowest BCUT2D eigenvalue weighted by molar-refractivity contribution is -0.136. The van der Waals surface area contributed by atoms with Crippen molar-refractivity contribution in [3.8, 4) is 11.5 Å². The summed E-state index contributed by atoms with van der Waals surface area (Å²) >= 11 is 0. The molecule has 2 rings (SSSR count). The quantitative estimate of drug-likeness (QED) is 0.235. The summed E-state index contributed by atoms with van der Waals surface area (Å²) in [4.78, 5) is 22.5. The summed E-state index contributed by atoms with van der Waals surface area (Å²) in [7, 11) is 0. The van der Waals surface area contributed by atoms with Crippen LogP contribution in [0.5, 0.6) is 11.5 Å². The van der Waals surface area contributed by atoms with Gasteiger partial charge in [-0.15, -0.1) is 0 Å². The Kier molecular flexibility index (Phi) is 6.32. The highest BCUT2D eigenvalue weighted by Crippen LogP contribution is 2.23. The molecular weight excluding hydrogens is 356 g/mol. The number of aldehydes is 1. The van der Waals surface area contributed by atoms with Gasteiger partial charge in [0.05, 0.1) is 12.2 Å². The third kappa shape index (κ3) is 5.87. The number of carbonyl (C=O) groups excluding carboxylic acids is 2. The molecule has 0 N–H and O–H groups in total. The van der Waals surface area contributed by atoms with Gasteiger partial charge in [-0.25, -0.2) is 9.18 Å². The second-order valence-corrected chi connectivity index (χ2v) is 5.29. The van der Waals surface area contributed by atoms with E-state index in [9.17, 15) is 27.2 Å². The van der Waals surface area contributed by atoms with E-state index in [0.29, 0.717) is 11.8 Å². The zero-order chi connectivity index (χ0) is 19.2. The molecule has 0 unspecified atom stereocenters. The fourth-order valence-corrected chi connectivity index (χ4v) is 1.99. The molecule has 2 aromatic rings. The van der Waals surface area contributed by atoms with Crippen molar-refractivity contribution in [2.75, 3.05) is 6.61 Å². The predicted molar refractivity (Wildman–Crippen MR) is 84.0 cm³/mol. The Labute approximate surface area is 146 Å².